The highest BCUT2D eigenvalue weighted by Crippen LogP contribution is 2.07. The summed E-state index contributed by atoms with van der Waals surface area (Å²) in [6.07, 6.45) is -0.670. The maximum Gasteiger partial charge on any atom is 0.412 e. The number of carbonyl (C=O) groups excluding carboxylic acids is 1. The number of halogens is 1. The third kappa shape index (κ3) is 3.96. The number of nitrogens with one attached hydrogen (secondary N) is 2. The van der Waals surface area contributed by atoms with Crippen molar-refractivity contribution >= 4 is 27.7 Å². The molecule has 5 nitrogen and oxygen atoms in total. The van der Waals surface area contributed by atoms with E-state index in [2.05, 4.69) is 26.2 Å². The summed E-state index contributed by atoms with van der Waals surface area (Å²) in [7, 11) is 0. The Morgan fingerprint density at radius 2 is 1.95 bits per heavy atom. The van der Waals surface area contributed by atoms with Crippen molar-refractivity contribution in [3.8, 4) is 0 Å². The molecule has 1 amide bonds. The van der Waals surface area contributed by atoms with Gasteiger partial charge in [-0.25, -0.2) is 4.79 Å². The number of rotatable bonds is 3. The first-order chi connectivity index (χ1) is 9.15. The van der Waals surface area contributed by atoms with E-state index in [-0.39, 0.29) is 12.3 Å². The smallest absolute Gasteiger partial charge is 0.412 e. The minimum atomic E-state index is -0.670. The summed E-state index contributed by atoms with van der Waals surface area (Å²) >= 11 is 3.12. The van der Waals surface area contributed by atoms with Crippen molar-refractivity contribution in [2.45, 2.75) is 6.61 Å². The van der Waals surface area contributed by atoms with Crippen LogP contribution in [0.25, 0.3) is 0 Å². The zero-order valence-electron chi connectivity index (χ0n) is 9.85. The minimum absolute atomic E-state index is 0.140. The van der Waals surface area contributed by atoms with Crippen molar-refractivity contribution in [1.29, 1.82) is 0 Å². The molecule has 0 bridgehead atoms. The fourth-order valence-electron chi connectivity index (χ4n) is 1.42. The fraction of sp³-hybridized carbons (Fsp3) is 0.0769. The molecule has 19 heavy (non-hydrogen) atoms. The maximum absolute atomic E-state index is 11.5. The van der Waals surface area contributed by atoms with Crippen LogP contribution in [0, 0.1) is 0 Å². The Bertz CT molecular complexity index is 625. The van der Waals surface area contributed by atoms with E-state index in [9.17, 15) is 9.59 Å². The third-order valence-corrected chi connectivity index (χ3v) is 2.79. The summed E-state index contributed by atoms with van der Waals surface area (Å²) in [6, 6.07) is 12.4. The Labute approximate surface area is 117 Å². The summed E-state index contributed by atoms with van der Waals surface area (Å²) in [4.78, 5) is 25.5. The predicted octanol–water partition coefficient (Wildman–Crippen LogP) is 2.89. The quantitative estimate of drug-likeness (QED) is 0.853. The minimum Gasteiger partial charge on any atom is -0.444 e. The van der Waals surface area contributed by atoms with Crippen LogP contribution in [0.2, 0.25) is 0 Å². The molecule has 1 aromatic carbocycles. The number of pyridine rings is 1. The van der Waals surface area contributed by atoms with E-state index in [1.807, 2.05) is 30.3 Å². The topological polar surface area (TPSA) is 71.2 Å². The first kappa shape index (κ1) is 13.4. The molecule has 1 aromatic heterocycles. The number of anilines is 1. The molecule has 2 aromatic rings. The van der Waals surface area contributed by atoms with Gasteiger partial charge in [-0.1, -0.05) is 30.3 Å². The van der Waals surface area contributed by atoms with E-state index in [0.29, 0.717) is 4.60 Å². The highest BCUT2D eigenvalue weighted by Gasteiger charge is 2.06. The van der Waals surface area contributed by atoms with Crippen molar-refractivity contribution in [1.82, 2.24) is 4.98 Å². The van der Waals surface area contributed by atoms with Crippen LogP contribution in [0.1, 0.15) is 5.56 Å². The molecule has 0 spiro atoms. The lowest BCUT2D eigenvalue weighted by molar-refractivity contribution is 0.155. The second-order valence-electron chi connectivity index (χ2n) is 3.74. The van der Waals surface area contributed by atoms with E-state index in [0.717, 1.165) is 5.56 Å². The molecule has 2 N–H and O–H groups in total. The van der Waals surface area contributed by atoms with Crippen LogP contribution in [-0.4, -0.2) is 11.1 Å². The fourth-order valence-corrected chi connectivity index (χ4v) is 1.73. The van der Waals surface area contributed by atoms with Crippen LogP contribution in [-0.2, 0) is 11.3 Å². The number of aromatic amines is 1. The van der Waals surface area contributed by atoms with Gasteiger partial charge in [0.1, 0.15) is 12.3 Å². The van der Waals surface area contributed by atoms with Gasteiger partial charge in [-0.2, -0.15) is 0 Å². The van der Waals surface area contributed by atoms with Crippen molar-refractivity contribution in [3.63, 3.8) is 0 Å². The van der Waals surface area contributed by atoms with E-state index in [4.69, 9.17) is 4.74 Å². The number of hydrogen-bond acceptors (Lipinski definition) is 3. The molecule has 1 heterocycles. The van der Waals surface area contributed by atoms with Crippen LogP contribution in [0.5, 0.6) is 0 Å². The van der Waals surface area contributed by atoms with E-state index >= 15 is 0 Å². The Kier molecular flexibility index (Phi) is 4.35. The average Bonchev–Trinajstić information content (AvgIpc) is 2.41. The van der Waals surface area contributed by atoms with Gasteiger partial charge in [-0.05, 0) is 33.6 Å². The van der Waals surface area contributed by atoms with Gasteiger partial charge in [-0.3, -0.25) is 10.1 Å². The molecule has 0 saturated heterocycles. The molecule has 2 rings (SSSR count). The normalized spacial score (nSPS) is 9.95. The van der Waals surface area contributed by atoms with Gasteiger partial charge in [0.05, 0.1) is 4.60 Å². The number of benzene rings is 1. The maximum atomic E-state index is 11.5. The van der Waals surface area contributed by atoms with Crippen LogP contribution < -0.4 is 10.9 Å². The molecule has 0 saturated carbocycles. The Morgan fingerprint density at radius 1 is 1.21 bits per heavy atom. The Morgan fingerprint density at radius 3 is 2.63 bits per heavy atom. The van der Waals surface area contributed by atoms with Crippen molar-refractivity contribution in [2.24, 2.45) is 0 Å². The SMILES string of the molecule is O=C(Nc1ccc(Br)[nH]c1=O)OCc1ccccc1. The molecule has 0 fully saturated rings. The molecule has 6 heteroatoms. The van der Waals surface area contributed by atoms with Gasteiger partial charge in [0.2, 0.25) is 0 Å². The Balaban J connectivity index is 1.93. The van der Waals surface area contributed by atoms with Crippen molar-refractivity contribution < 1.29 is 9.53 Å². The van der Waals surface area contributed by atoms with Crippen LogP contribution in [0.15, 0.2) is 51.9 Å². The number of carbonyl (C=O) groups is 1. The second kappa shape index (κ2) is 6.19. The van der Waals surface area contributed by atoms with E-state index in [1.165, 1.54) is 6.07 Å². The monoisotopic (exact) mass is 322 g/mol. The van der Waals surface area contributed by atoms with Crippen LogP contribution >= 0.6 is 15.9 Å². The zero-order chi connectivity index (χ0) is 13.7. The molecular weight excluding hydrogens is 312 g/mol. The number of aromatic nitrogens is 1. The third-order valence-electron chi connectivity index (χ3n) is 2.32. The zero-order valence-corrected chi connectivity index (χ0v) is 11.4. The number of amides is 1. The predicted molar refractivity (Wildman–Crippen MR) is 75.0 cm³/mol. The molecule has 0 aliphatic heterocycles. The molecule has 0 atom stereocenters. The average molecular weight is 323 g/mol. The highest BCUT2D eigenvalue weighted by molar-refractivity contribution is 9.10. The van der Waals surface area contributed by atoms with Crippen LogP contribution in [0.4, 0.5) is 10.5 Å². The van der Waals surface area contributed by atoms with Gasteiger partial charge >= 0.3 is 6.09 Å². The highest BCUT2D eigenvalue weighted by atomic mass is 79.9. The molecule has 0 aliphatic carbocycles. The van der Waals surface area contributed by atoms with Crippen molar-refractivity contribution in [2.75, 3.05) is 5.32 Å². The lowest BCUT2D eigenvalue weighted by Crippen LogP contribution is -2.20. The van der Waals surface area contributed by atoms with Gasteiger partial charge in [0, 0.05) is 0 Å². The number of H-pyrrole nitrogens is 1. The van der Waals surface area contributed by atoms with Gasteiger partial charge in [-0.15, -0.1) is 0 Å². The number of hydrogen-bond donors (Lipinski definition) is 2. The number of ether oxygens (including phenoxy) is 1. The molecule has 0 unspecified atom stereocenters. The molecular formula is C13H11BrN2O3. The summed E-state index contributed by atoms with van der Waals surface area (Å²) < 4.78 is 5.55. The summed E-state index contributed by atoms with van der Waals surface area (Å²) in [6.45, 7) is 0.154. The standard InChI is InChI=1S/C13H11BrN2O3/c14-11-7-6-10(12(17)16-11)15-13(18)19-8-9-4-2-1-3-5-9/h1-7H,8H2,(H,15,18)(H,16,17). The van der Waals surface area contributed by atoms with Gasteiger partial charge in [0.15, 0.2) is 0 Å². The first-order valence-electron chi connectivity index (χ1n) is 5.51. The van der Waals surface area contributed by atoms with Crippen LogP contribution in [0.3, 0.4) is 0 Å². The molecule has 0 aliphatic rings. The van der Waals surface area contributed by atoms with Crippen molar-refractivity contribution in [3.05, 3.63) is 63.0 Å². The van der Waals surface area contributed by atoms with Gasteiger partial charge in [0.25, 0.3) is 5.56 Å². The summed E-state index contributed by atoms with van der Waals surface area (Å²) in [5, 5.41) is 2.38. The lowest BCUT2D eigenvalue weighted by atomic mass is 10.2. The largest absolute Gasteiger partial charge is 0.444 e. The first-order valence-corrected chi connectivity index (χ1v) is 6.31. The van der Waals surface area contributed by atoms with Gasteiger partial charge < -0.3 is 9.72 Å². The summed E-state index contributed by atoms with van der Waals surface area (Å²) in [5.74, 6) is 0. The van der Waals surface area contributed by atoms with E-state index in [1.54, 1.807) is 6.07 Å². The second-order valence-corrected chi connectivity index (χ2v) is 4.59. The summed E-state index contributed by atoms with van der Waals surface area (Å²) in [5.41, 5.74) is 0.620. The Hall–Kier alpha value is -2.08. The molecule has 0 radical (unpaired) electrons. The molecule has 98 valence electrons. The lowest BCUT2D eigenvalue weighted by Gasteiger charge is -2.06. The van der Waals surface area contributed by atoms with E-state index < -0.39 is 11.7 Å².